The van der Waals surface area contributed by atoms with Crippen molar-refractivity contribution in [2.75, 3.05) is 0 Å². The van der Waals surface area contributed by atoms with Gasteiger partial charge in [-0.15, -0.1) is 0 Å². The van der Waals surface area contributed by atoms with Gasteiger partial charge in [0.1, 0.15) is 0 Å². The molecule has 104 valence electrons. The number of hydrogen-bond donors (Lipinski definition) is 0. The van der Waals surface area contributed by atoms with Gasteiger partial charge >= 0.3 is 0 Å². The van der Waals surface area contributed by atoms with Gasteiger partial charge in [-0.3, -0.25) is 0 Å². The monoisotopic (exact) mass is 320 g/mol. The smallest absolute Gasteiger partial charge is 0.0500 e. The van der Waals surface area contributed by atoms with Crippen LogP contribution in [-0.4, -0.2) is 8.80 Å². The minimum Gasteiger partial charge on any atom is -0.0843 e. The Bertz CT molecular complexity index is 596. The summed E-state index contributed by atoms with van der Waals surface area (Å²) in [5.74, 6) is 0. The second-order valence-corrected chi connectivity index (χ2v) is 10.2. The van der Waals surface area contributed by atoms with E-state index in [0.29, 0.717) is 5.54 Å². The fourth-order valence-electron chi connectivity index (χ4n) is 3.51. The lowest BCUT2D eigenvalue weighted by atomic mass is 10.1. The highest BCUT2D eigenvalue weighted by atomic mass is 35.5. The Labute approximate surface area is 132 Å². The highest BCUT2D eigenvalue weighted by molar-refractivity contribution is 6.61. The molecule has 0 fully saturated rings. The Balaban J connectivity index is 2.24. The van der Waals surface area contributed by atoms with Crippen LogP contribution in [0.15, 0.2) is 36.4 Å². The van der Waals surface area contributed by atoms with Gasteiger partial charge in [-0.1, -0.05) is 61.3 Å². The zero-order valence-corrected chi connectivity index (χ0v) is 14.5. The van der Waals surface area contributed by atoms with E-state index in [1.165, 1.54) is 34.3 Å². The molecule has 20 heavy (non-hydrogen) atoms. The van der Waals surface area contributed by atoms with Crippen LogP contribution in [0, 0.1) is 0 Å². The number of rotatable bonds is 3. The van der Waals surface area contributed by atoms with Gasteiger partial charge in [0.05, 0.1) is 0 Å². The Morgan fingerprint density at radius 1 is 0.850 bits per heavy atom. The maximum Gasteiger partial charge on any atom is 0.0500 e. The van der Waals surface area contributed by atoms with Gasteiger partial charge in [0.25, 0.3) is 0 Å². The maximum absolute atomic E-state index is 6.24. The van der Waals surface area contributed by atoms with Crippen LogP contribution in [0.3, 0.4) is 0 Å². The standard InChI is InChI=1S/C17H18Cl2Si/c1-3-20(4-2)17-15-9-11(18)5-7-13(15)14-8-6-12(19)10-16(14)17/h5-10,17,20H,3-4H2,1-2H3. The topological polar surface area (TPSA) is 0 Å². The summed E-state index contributed by atoms with van der Waals surface area (Å²) < 4.78 is 0. The van der Waals surface area contributed by atoms with Gasteiger partial charge in [-0.05, 0) is 46.5 Å². The Kier molecular flexibility index (Phi) is 3.94. The van der Waals surface area contributed by atoms with Gasteiger partial charge in [0, 0.05) is 24.4 Å². The molecule has 0 N–H and O–H groups in total. The first-order chi connectivity index (χ1) is 9.65. The molecule has 1 aliphatic carbocycles. The molecule has 0 atom stereocenters. The third-order valence-electron chi connectivity index (χ3n) is 4.51. The number of fused-ring (bicyclic) bond motifs is 3. The van der Waals surface area contributed by atoms with Crippen molar-refractivity contribution in [3.63, 3.8) is 0 Å². The molecule has 0 saturated carbocycles. The first kappa shape index (κ1) is 14.2. The van der Waals surface area contributed by atoms with Crippen molar-refractivity contribution in [2.24, 2.45) is 0 Å². The largest absolute Gasteiger partial charge is 0.0843 e. The van der Waals surface area contributed by atoms with E-state index in [1.54, 1.807) is 0 Å². The molecule has 2 aromatic carbocycles. The van der Waals surface area contributed by atoms with Crippen LogP contribution in [0.1, 0.15) is 30.5 Å². The summed E-state index contributed by atoms with van der Waals surface area (Å²) in [5.41, 5.74) is 6.12. The predicted octanol–water partition coefficient (Wildman–Crippen LogP) is 5.91. The molecule has 0 aromatic heterocycles. The third-order valence-corrected chi connectivity index (χ3v) is 8.74. The Morgan fingerprint density at radius 2 is 1.30 bits per heavy atom. The lowest BCUT2D eigenvalue weighted by molar-refractivity contribution is 1.09. The lowest BCUT2D eigenvalue weighted by Crippen LogP contribution is -2.21. The summed E-state index contributed by atoms with van der Waals surface area (Å²) in [6.45, 7) is 4.65. The van der Waals surface area contributed by atoms with Crippen LogP contribution in [-0.2, 0) is 0 Å². The van der Waals surface area contributed by atoms with Crippen molar-refractivity contribution in [1.82, 2.24) is 0 Å². The minimum absolute atomic E-state index is 0.562. The van der Waals surface area contributed by atoms with E-state index < -0.39 is 8.80 Å². The SMILES string of the molecule is CC[SiH](CC)C1c2cc(Cl)ccc2-c2ccc(Cl)cc21. The van der Waals surface area contributed by atoms with E-state index in [-0.39, 0.29) is 0 Å². The van der Waals surface area contributed by atoms with E-state index >= 15 is 0 Å². The predicted molar refractivity (Wildman–Crippen MR) is 91.9 cm³/mol. The molecule has 3 heteroatoms. The summed E-state index contributed by atoms with van der Waals surface area (Å²) >= 11 is 12.5. The second kappa shape index (κ2) is 5.55. The highest BCUT2D eigenvalue weighted by Gasteiger charge is 2.33. The molecule has 1 aliphatic rings. The van der Waals surface area contributed by atoms with E-state index in [0.717, 1.165) is 10.0 Å². The molecule has 0 nitrogen and oxygen atoms in total. The summed E-state index contributed by atoms with van der Waals surface area (Å²) in [6.07, 6.45) is 0. The average Bonchev–Trinajstić information content (AvgIpc) is 2.74. The van der Waals surface area contributed by atoms with Crippen molar-refractivity contribution >= 4 is 32.0 Å². The van der Waals surface area contributed by atoms with Crippen molar-refractivity contribution in [1.29, 1.82) is 0 Å². The Hall–Kier alpha value is -0.763. The number of benzene rings is 2. The van der Waals surface area contributed by atoms with Crippen LogP contribution in [0.2, 0.25) is 22.1 Å². The molecule has 2 aromatic rings. The fourth-order valence-corrected chi connectivity index (χ4v) is 6.96. The van der Waals surface area contributed by atoms with Crippen molar-refractivity contribution in [3.8, 4) is 11.1 Å². The third kappa shape index (κ3) is 2.22. The van der Waals surface area contributed by atoms with E-state index in [1.807, 2.05) is 12.1 Å². The van der Waals surface area contributed by atoms with Crippen molar-refractivity contribution < 1.29 is 0 Å². The average molecular weight is 321 g/mol. The van der Waals surface area contributed by atoms with Gasteiger partial charge in [0.2, 0.25) is 0 Å². The van der Waals surface area contributed by atoms with Gasteiger partial charge < -0.3 is 0 Å². The number of hydrogen-bond acceptors (Lipinski definition) is 0. The molecule has 0 amide bonds. The highest BCUT2D eigenvalue weighted by Crippen LogP contribution is 2.48. The molecule has 0 saturated heterocycles. The van der Waals surface area contributed by atoms with Gasteiger partial charge in [-0.2, -0.15) is 0 Å². The van der Waals surface area contributed by atoms with Crippen molar-refractivity contribution in [2.45, 2.75) is 31.5 Å². The van der Waals surface area contributed by atoms with E-state index in [4.69, 9.17) is 23.2 Å². The minimum atomic E-state index is -0.877. The summed E-state index contributed by atoms with van der Waals surface area (Å²) in [5, 5.41) is 1.68. The molecule has 0 bridgehead atoms. The van der Waals surface area contributed by atoms with Crippen LogP contribution in [0.5, 0.6) is 0 Å². The van der Waals surface area contributed by atoms with Gasteiger partial charge in [0.15, 0.2) is 0 Å². The van der Waals surface area contributed by atoms with Crippen LogP contribution in [0.4, 0.5) is 0 Å². The first-order valence-corrected chi connectivity index (χ1v) is 10.3. The second-order valence-electron chi connectivity index (χ2n) is 5.52. The van der Waals surface area contributed by atoms with Gasteiger partial charge in [-0.25, -0.2) is 0 Å². The molecular formula is C17H18Cl2Si. The number of halogens is 2. The molecule has 0 unspecified atom stereocenters. The maximum atomic E-state index is 6.24. The molecule has 0 spiro atoms. The van der Waals surface area contributed by atoms with Crippen molar-refractivity contribution in [3.05, 3.63) is 57.6 Å². The summed E-state index contributed by atoms with van der Waals surface area (Å²) in [6, 6.07) is 15.3. The van der Waals surface area contributed by atoms with E-state index in [2.05, 4.69) is 38.1 Å². The van der Waals surface area contributed by atoms with Crippen LogP contribution >= 0.6 is 23.2 Å². The molecule has 0 heterocycles. The lowest BCUT2D eigenvalue weighted by Gasteiger charge is -2.22. The molecule has 3 rings (SSSR count). The molecule has 0 aliphatic heterocycles. The van der Waals surface area contributed by atoms with E-state index in [9.17, 15) is 0 Å². The molecular weight excluding hydrogens is 303 g/mol. The normalized spacial score (nSPS) is 13.7. The summed E-state index contributed by atoms with van der Waals surface area (Å²) in [7, 11) is -0.877. The molecule has 0 radical (unpaired) electrons. The zero-order chi connectivity index (χ0) is 14.3. The quantitative estimate of drug-likeness (QED) is 0.616. The fraction of sp³-hybridized carbons (Fsp3) is 0.294. The Morgan fingerprint density at radius 3 is 1.70 bits per heavy atom. The summed E-state index contributed by atoms with van der Waals surface area (Å²) in [4.78, 5) is 0. The zero-order valence-electron chi connectivity index (χ0n) is 11.8. The van der Waals surface area contributed by atoms with Crippen LogP contribution < -0.4 is 0 Å². The van der Waals surface area contributed by atoms with Crippen LogP contribution in [0.25, 0.3) is 11.1 Å². The first-order valence-electron chi connectivity index (χ1n) is 7.25.